The maximum atomic E-state index is 14.3. The van der Waals surface area contributed by atoms with E-state index >= 15 is 0 Å². The fraction of sp³-hybridized carbons (Fsp3) is 0.656. The lowest BCUT2D eigenvalue weighted by Gasteiger charge is -2.26. The molecular formula is C32H46FN4O8+. The normalized spacial score (nSPS) is 26.8. The number of carboxylic acid groups (broad SMARTS) is 1. The van der Waals surface area contributed by atoms with E-state index in [1.807, 2.05) is 0 Å². The molecule has 5 atom stereocenters. The van der Waals surface area contributed by atoms with Crippen molar-refractivity contribution >= 4 is 30.0 Å². The van der Waals surface area contributed by atoms with Crippen molar-refractivity contribution in [3.05, 3.63) is 35.1 Å². The van der Waals surface area contributed by atoms with Crippen LogP contribution in [0.3, 0.4) is 0 Å². The highest BCUT2D eigenvalue weighted by Crippen LogP contribution is 2.26. The van der Waals surface area contributed by atoms with E-state index in [9.17, 15) is 33.5 Å². The third-order valence-corrected chi connectivity index (χ3v) is 8.56. The van der Waals surface area contributed by atoms with Crippen LogP contribution >= 0.6 is 0 Å². The molecule has 0 spiro atoms. The molecule has 2 fully saturated rings. The summed E-state index contributed by atoms with van der Waals surface area (Å²) in [5.74, 6) is -2.67. The number of fused-ring (bicyclic) bond motifs is 2. The Morgan fingerprint density at radius 2 is 1.69 bits per heavy atom. The molecule has 3 aliphatic heterocycles. The van der Waals surface area contributed by atoms with Gasteiger partial charge >= 0.3 is 24.1 Å². The standard InChI is InChI=1S/C32H45FN4O8/c1-32(2,3)45-30(42)35-24-14-9-7-5-4-6-8-10-15-25(29(40)41)34-27(38)26-16-21(18-37(26)28(24)39)44-31(43)36-17-20-12-11-13-23(33)22(20)19-36/h11-13,21,24-26H,4-10,14-19H2,1-3H3,(H,34,38)(H,35,42)(H,40,41)/p+1. The number of alkyl carbamates (subject to hydrolysis) is 1. The van der Waals surface area contributed by atoms with E-state index in [1.165, 1.54) is 11.0 Å². The molecule has 0 radical (unpaired) electrons. The number of amides is 4. The minimum atomic E-state index is -1.16. The van der Waals surface area contributed by atoms with Gasteiger partial charge in [0, 0.05) is 12.1 Å². The number of hydrogen-bond acceptors (Lipinski definition) is 7. The number of nitrogens with one attached hydrogen (secondary N) is 3. The van der Waals surface area contributed by atoms with Gasteiger partial charge in [-0.25, -0.2) is 23.6 Å². The number of benzene rings is 1. The van der Waals surface area contributed by atoms with E-state index in [0.29, 0.717) is 30.4 Å². The number of hydrogen-bond donors (Lipinski definition) is 4. The van der Waals surface area contributed by atoms with Gasteiger partial charge in [-0.3, -0.25) is 14.6 Å². The minimum Gasteiger partial charge on any atom is -0.480 e. The summed E-state index contributed by atoms with van der Waals surface area (Å²) in [4.78, 5) is 67.1. The van der Waals surface area contributed by atoms with Gasteiger partial charge in [-0.15, -0.1) is 0 Å². The lowest BCUT2D eigenvalue weighted by atomic mass is 10.0. The van der Waals surface area contributed by atoms with E-state index in [-0.39, 0.29) is 37.4 Å². The van der Waals surface area contributed by atoms with Crippen LogP contribution in [-0.4, -0.2) is 76.4 Å². The number of halogens is 1. The summed E-state index contributed by atoms with van der Waals surface area (Å²) >= 11 is 0. The van der Waals surface area contributed by atoms with Crippen molar-refractivity contribution in [1.29, 1.82) is 0 Å². The van der Waals surface area contributed by atoms with Crippen LogP contribution in [0.2, 0.25) is 0 Å². The Kier molecular flexibility index (Phi) is 11.4. The molecule has 4 N–H and O–H groups in total. The lowest BCUT2D eigenvalue weighted by Crippen LogP contribution is -3.19. The smallest absolute Gasteiger partial charge is 0.410 e. The Labute approximate surface area is 263 Å². The largest absolute Gasteiger partial charge is 0.480 e. The molecule has 1 aromatic rings. The van der Waals surface area contributed by atoms with E-state index in [4.69, 9.17) is 9.47 Å². The second-order valence-electron chi connectivity index (χ2n) is 13.3. The third-order valence-electron chi connectivity index (χ3n) is 8.56. The van der Waals surface area contributed by atoms with Gasteiger partial charge in [-0.2, -0.15) is 0 Å². The molecule has 0 aliphatic carbocycles. The first-order valence-corrected chi connectivity index (χ1v) is 16.0. The number of carboxylic acids is 1. The predicted molar refractivity (Wildman–Crippen MR) is 159 cm³/mol. The summed E-state index contributed by atoms with van der Waals surface area (Å²) in [6.07, 6.45) is 4.06. The molecule has 0 bridgehead atoms. The lowest BCUT2D eigenvalue weighted by molar-refractivity contribution is -0.825. The van der Waals surface area contributed by atoms with E-state index < -0.39 is 65.6 Å². The summed E-state index contributed by atoms with van der Waals surface area (Å²) < 4.78 is 25.4. The maximum absolute atomic E-state index is 14.3. The van der Waals surface area contributed by atoms with Crippen molar-refractivity contribution in [2.24, 2.45) is 0 Å². The number of ether oxygens (including phenoxy) is 2. The Bertz CT molecular complexity index is 1270. The zero-order valence-electron chi connectivity index (χ0n) is 26.4. The molecule has 5 unspecified atom stereocenters. The first-order valence-electron chi connectivity index (χ1n) is 16.0. The zero-order valence-corrected chi connectivity index (χ0v) is 26.4. The fourth-order valence-corrected chi connectivity index (χ4v) is 6.28. The summed E-state index contributed by atoms with van der Waals surface area (Å²) in [7, 11) is 0. The minimum absolute atomic E-state index is 0.0285. The quantitative estimate of drug-likeness (QED) is 0.396. The highest BCUT2D eigenvalue weighted by atomic mass is 19.1. The molecule has 248 valence electrons. The molecule has 4 amide bonds. The highest BCUT2D eigenvalue weighted by molar-refractivity contribution is 5.88. The average molecular weight is 634 g/mol. The molecule has 4 rings (SSSR count). The van der Waals surface area contributed by atoms with Crippen LogP contribution in [0.25, 0.3) is 0 Å². The monoisotopic (exact) mass is 633 g/mol. The van der Waals surface area contributed by atoms with Crippen LogP contribution in [0.15, 0.2) is 18.2 Å². The molecule has 13 heteroatoms. The average Bonchev–Trinajstić information content (AvgIpc) is 3.58. The molecule has 45 heavy (non-hydrogen) atoms. The van der Waals surface area contributed by atoms with Gasteiger partial charge in [-0.05, 0) is 45.2 Å². The molecule has 12 nitrogen and oxygen atoms in total. The number of aliphatic carboxylic acids is 1. The molecule has 0 saturated carbocycles. The van der Waals surface area contributed by atoms with Crippen LogP contribution in [0.4, 0.5) is 14.0 Å². The predicted octanol–water partition coefficient (Wildman–Crippen LogP) is 2.82. The Hall–Kier alpha value is -3.74. The Balaban J connectivity index is 1.54. The first kappa shape index (κ1) is 34.1. The van der Waals surface area contributed by atoms with Gasteiger partial charge in [0.05, 0.1) is 13.0 Å². The molecular weight excluding hydrogens is 587 g/mol. The summed E-state index contributed by atoms with van der Waals surface area (Å²) in [5, 5.41) is 15.1. The van der Waals surface area contributed by atoms with Gasteiger partial charge < -0.3 is 25.2 Å². The van der Waals surface area contributed by atoms with Crippen LogP contribution in [-0.2, 0) is 36.9 Å². The van der Waals surface area contributed by atoms with Crippen molar-refractivity contribution in [1.82, 2.24) is 15.5 Å². The summed E-state index contributed by atoms with van der Waals surface area (Å²) in [6.45, 7) is 5.29. The summed E-state index contributed by atoms with van der Waals surface area (Å²) in [5.41, 5.74) is 0.301. The maximum Gasteiger partial charge on any atom is 0.410 e. The molecule has 3 heterocycles. The van der Waals surface area contributed by atoms with Crippen molar-refractivity contribution in [2.75, 3.05) is 6.54 Å². The topological polar surface area (TPSA) is 156 Å². The fourth-order valence-electron chi connectivity index (χ4n) is 6.28. The second kappa shape index (κ2) is 15.0. The van der Waals surface area contributed by atoms with Crippen molar-refractivity contribution in [2.45, 2.75) is 128 Å². The van der Waals surface area contributed by atoms with Gasteiger partial charge in [0.25, 0.3) is 5.91 Å². The van der Waals surface area contributed by atoms with Crippen molar-refractivity contribution < 1.29 is 47.8 Å². The molecule has 1 aromatic carbocycles. The summed E-state index contributed by atoms with van der Waals surface area (Å²) in [6, 6.07) is 1.49. The van der Waals surface area contributed by atoms with Crippen molar-refractivity contribution in [3.8, 4) is 0 Å². The van der Waals surface area contributed by atoms with Gasteiger partial charge in [0.2, 0.25) is 0 Å². The molecule has 0 aromatic heterocycles. The van der Waals surface area contributed by atoms with Crippen LogP contribution in [0, 0.1) is 5.82 Å². The third kappa shape index (κ3) is 9.38. The van der Waals surface area contributed by atoms with Crippen LogP contribution < -0.4 is 15.5 Å². The highest BCUT2D eigenvalue weighted by Gasteiger charge is 2.49. The number of carbonyl (C=O) groups is 5. The Morgan fingerprint density at radius 3 is 2.33 bits per heavy atom. The van der Waals surface area contributed by atoms with E-state index in [0.717, 1.165) is 32.1 Å². The van der Waals surface area contributed by atoms with Gasteiger partial charge in [0.1, 0.15) is 30.0 Å². The van der Waals surface area contributed by atoms with Crippen LogP contribution in [0.1, 0.15) is 96.1 Å². The van der Waals surface area contributed by atoms with E-state index in [2.05, 4.69) is 10.6 Å². The number of nitrogens with zero attached hydrogens (tertiary/aromatic N) is 1. The Morgan fingerprint density at radius 1 is 1.02 bits per heavy atom. The number of rotatable bonds is 3. The van der Waals surface area contributed by atoms with Gasteiger partial charge in [-0.1, -0.05) is 57.1 Å². The number of quaternary nitrogens is 1. The van der Waals surface area contributed by atoms with E-state index in [1.54, 1.807) is 32.9 Å². The zero-order chi connectivity index (χ0) is 32.7. The van der Waals surface area contributed by atoms with Gasteiger partial charge in [0.15, 0.2) is 12.1 Å². The first-order chi connectivity index (χ1) is 21.3. The van der Waals surface area contributed by atoms with Crippen molar-refractivity contribution in [3.63, 3.8) is 0 Å². The second-order valence-corrected chi connectivity index (χ2v) is 13.3. The molecule has 2 saturated heterocycles. The number of carbonyl (C=O) groups excluding carboxylic acids is 4. The molecule has 3 aliphatic rings. The SMILES string of the molecule is CC(C)(C)OC(=O)NC1CCCCCCCCCC(C(=O)O)NC(=O)C2CC(OC(=O)N3Cc4cccc(F)c4C3)C[NH+]2C1=O. The van der Waals surface area contributed by atoms with Crippen LogP contribution in [0.5, 0.6) is 0 Å².